The molecular formula is C16H15ClFNO2. The maximum Gasteiger partial charge on any atom is 0.310 e. The average molecular weight is 308 g/mol. The van der Waals surface area contributed by atoms with Crippen molar-refractivity contribution in [2.24, 2.45) is 0 Å². The number of rotatable bonds is 5. The van der Waals surface area contributed by atoms with E-state index in [0.717, 1.165) is 11.1 Å². The van der Waals surface area contributed by atoms with Gasteiger partial charge in [-0.1, -0.05) is 41.9 Å². The monoisotopic (exact) mass is 307 g/mol. The highest BCUT2D eigenvalue weighted by atomic mass is 35.5. The highest BCUT2D eigenvalue weighted by molar-refractivity contribution is 6.31. The molecule has 2 N–H and O–H groups in total. The zero-order valence-corrected chi connectivity index (χ0v) is 12.2. The molecule has 21 heavy (non-hydrogen) atoms. The number of hydrogen-bond donors (Lipinski definition) is 2. The largest absolute Gasteiger partial charge is 0.481 e. The molecule has 0 saturated carbocycles. The Morgan fingerprint density at radius 3 is 2.57 bits per heavy atom. The van der Waals surface area contributed by atoms with Crippen LogP contribution < -0.4 is 5.32 Å². The van der Waals surface area contributed by atoms with Crippen LogP contribution in [-0.4, -0.2) is 11.1 Å². The smallest absolute Gasteiger partial charge is 0.310 e. The Labute approximate surface area is 127 Å². The van der Waals surface area contributed by atoms with E-state index in [1.54, 1.807) is 31.2 Å². The van der Waals surface area contributed by atoms with Crippen molar-refractivity contribution in [2.75, 3.05) is 5.32 Å². The summed E-state index contributed by atoms with van der Waals surface area (Å²) in [4.78, 5) is 10.9. The van der Waals surface area contributed by atoms with Gasteiger partial charge < -0.3 is 10.4 Å². The molecule has 0 saturated heterocycles. The van der Waals surface area contributed by atoms with E-state index in [-0.39, 0.29) is 5.02 Å². The first-order valence-corrected chi connectivity index (χ1v) is 6.86. The summed E-state index contributed by atoms with van der Waals surface area (Å²) < 4.78 is 13.7. The number of anilines is 1. The van der Waals surface area contributed by atoms with E-state index in [2.05, 4.69) is 5.32 Å². The Bertz CT molecular complexity index is 643. The van der Waals surface area contributed by atoms with E-state index in [4.69, 9.17) is 16.7 Å². The molecule has 0 aromatic heterocycles. The van der Waals surface area contributed by atoms with Crippen molar-refractivity contribution < 1.29 is 14.3 Å². The fourth-order valence-electron chi connectivity index (χ4n) is 1.90. The van der Waals surface area contributed by atoms with E-state index >= 15 is 0 Å². The average Bonchev–Trinajstić information content (AvgIpc) is 2.48. The summed E-state index contributed by atoms with van der Waals surface area (Å²) in [7, 11) is 0. The van der Waals surface area contributed by atoms with Crippen LogP contribution in [0.15, 0.2) is 42.5 Å². The Hall–Kier alpha value is -2.07. The molecule has 0 bridgehead atoms. The molecule has 1 atom stereocenters. The molecule has 1 unspecified atom stereocenters. The van der Waals surface area contributed by atoms with Crippen LogP contribution in [0.2, 0.25) is 5.02 Å². The van der Waals surface area contributed by atoms with E-state index in [1.807, 2.05) is 12.1 Å². The third-order valence-electron chi connectivity index (χ3n) is 3.28. The summed E-state index contributed by atoms with van der Waals surface area (Å²) in [5, 5.41) is 12.0. The number of halogens is 2. The van der Waals surface area contributed by atoms with Gasteiger partial charge in [-0.15, -0.1) is 0 Å². The lowest BCUT2D eigenvalue weighted by atomic mass is 10.00. The fraction of sp³-hybridized carbons (Fsp3) is 0.188. The Kier molecular flexibility index (Phi) is 4.81. The summed E-state index contributed by atoms with van der Waals surface area (Å²) in [6, 6.07) is 12.0. The third-order valence-corrected chi connectivity index (χ3v) is 3.58. The van der Waals surface area contributed by atoms with Crippen LogP contribution in [0.5, 0.6) is 0 Å². The maximum atomic E-state index is 13.7. The minimum atomic E-state index is -0.859. The van der Waals surface area contributed by atoms with Gasteiger partial charge in [0.15, 0.2) is 5.82 Å². The molecule has 0 spiro atoms. The SMILES string of the molecule is CC(C(=O)O)c1ccc(CNc2cccc(Cl)c2F)cc1. The van der Waals surface area contributed by atoms with Crippen LogP contribution in [0, 0.1) is 5.82 Å². The number of carboxylic acid groups (broad SMARTS) is 1. The van der Waals surface area contributed by atoms with Gasteiger partial charge in [0, 0.05) is 6.54 Å². The van der Waals surface area contributed by atoms with Gasteiger partial charge in [-0.25, -0.2) is 4.39 Å². The van der Waals surface area contributed by atoms with Gasteiger partial charge in [-0.05, 0) is 30.2 Å². The molecule has 3 nitrogen and oxygen atoms in total. The topological polar surface area (TPSA) is 49.3 Å². The summed E-state index contributed by atoms with van der Waals surface area (Å²) in [6.45, 7) is 2.07. The van der Waals surface area contributed by atoms with E-state index in [0.29, 0.717) is 12.2 Å². The number of carbonyl (C=O) groups is 1. The van der Waals surface area contributed by atoms with Crippen molar-refractivity contribution in [2.45, 2.75) is 19.4 Å². The number of carboxylic acids is 1. The molecule has 2 rings (SSSR count). The fourth-order valence-corrected chi connectivity index (χ4v) is 2.08. The lowest BCUT2D eigenvalue weighted by molar-refractivity contribution is -0.138. The first-order chi connectivity index (χ1) is 9.99. The van der Waals surface area contributed by atoms with Gasteiger partial charge in [0.1, 0.15) is 0 Å². The molecule has 2 aromatic carbocycles. The van der Waals surface area contributed by atoms with Gasteiger partial charge in [-0.3, -0.25) is 4.79 Å². The van der Waals surface area contributed by atoms with Gasteiger partial charge >= 0.3 is 5.97 Å². The van der Waals surface area contributed by atoms with Crippen LogP contribution >= 0.6 is 11.6 Å². The van der Waals surface area contributed by atoms with Crippen molar-refractivity contribution in [1.82, 2.24) is 0 Å². The number of benzene rings is 2. The Balaban J connectivity index is 2.04. The number of aliphatic carboxylic acids is 1. The van der Waals surface area contributed by atoms with E-state index < -0.39 is 17.7 Å². The summed E-state index contributed by atoms with van der Waals surface area (Å²) in [5.41, 5.74) is 2.00. The highest BCUT2D eigenvalue weighted by Gasteiger charge is 2.13. The van der Waals surface area contributed by atoms with Crippen LogP contribution in [-0.2, 0) is 11.3 Å². The standard InChI is InChI=1S/C16H15ClFNO2/c1-10(16(20)21)12-7-5-11(6-8-12)9-19-14-4-2-3-13(17)15(14)18/h2-8,10,19H,9H2,1H3,(H,20,21). The van der Waals surface area contributed by atoms with Crippen LogP contribution in [0.4, 0.5) is 10.1 Å². The second-order valence-corrected chi connectivity index (χ2v) is 5.16. The van der Waals surface area contributed by atoms with Crippen LogP contribution in [0.25, 0.3) is 0 Å². The lowest BCUT2D eigenvalue weighted by Crippen LogP contribution is -2.07. The number of nitrogens with one attached hydrogen (secondary N) is 1. The van der Waals surface area contributed by atoms with Crippen molar-refractivity contribution in [1.29, 1.82) is 0 Å². The van der Waals surface area contributed by atoms with Crippen molar-refractivity contribution in [3.8, 4) is 0 Å². The zero-order chi connectivity index (χ0) is 15.4. The molecule has 2 aromatic rings. The highest BCUT2D eigenvalue weighted by Crippen LogP contribution is 2.23. The Morgan fingerprint density at radius 2 is 1.95 bits per heavy atom. The third kappa shape index (κ3) is 3.73. The molecule has 0 heterocycles. The minimum absolute atomic E-state index is 0.0747. The molecule has 0 aliphatic rings. The molecule has 0 amide bonds. The van der Waals surface area contributed by atoms with E-state index in [1.165, 1.54) is 6.07 Å². The van der Waals surface area contributed by atoms with E-state index in [9.17, 15) is 9.18 Å². The van der Waals surface area contributed by atoms with Crippen molar-refractivity contribution in [3.05, 3.63) is 64.4 Å². The summed E-state index contributed by atoms with van der Waals surface area (Å²) in [5.74, 6) is -1.88. The minimum Gasteiger partial charge on any atom is -0.481 e. The predicted molar refractivity (Wildman–Crippen MR) is 81.2 cm³/mol. The normalized spacial score (nSPS) is 12.0. The molecular weight excluding hydrogens is 293 g/mol. The molecule has 0 aliphatic carbocycles. The first kappa shape index (κ1) is 15.3. The molecule has 0 aliphatic heterocycles. The molecule has 0 radical (unpaired) electrons. The Morgan fingerprint density at radius 1 is 1.29 bits per heavy atom. The predicted octanol–water partition coefficient (Wildman–Crippen LogP) is 4.28. The van der Waals surface area contributed by atoms with Crippen molar-refractivity contribution >= 4 is 23.3 Å². The van der Waals surface area contributed by atoms with Crippen molar-refractivity contribution in [3.63, 3.8) is 0 Å². The maximum absolute atomic E-state index is 13.7. The van der Waals surface area contributed by atoms with Gasteiger partial charge in [0.2, 0.25) is 0 Å². The van der Waals surface area contributed by atoms with Gasteiger partial charge in [0.25, 0.3) is 0 Å². The molecule has 0 fully saturated rings. The number of hydrogen-bond acceptors (Lipinski definition) is 2. The summed E-state index contributed by atoms with van der Waals surface area (Å²) in [6.07, 6.45) is 0. The lowest BCUT2D eigenvalue weighted by Gasteiger charge is -2.10. The van der Waals surface area contributed by atoms with Crippen LogP contribution in [0.1, 0.15) is 24.0 Å². The van der Waals surface area contributed by atoms with Gasteiger partial charge in [-0.2, -0.15) is 0 Å². The van der Waals surface area contributed by atoms with Gasteiger partial charge in [0.05, 0.1) is 16.6 Å². The second-order valence-electron chi connectivity index (χ2n) is 4.76. The quantitative estimate of drug-likeness (QED) is 0.867. The first-order valence-electron chi connectivity index (χ1n) is 6.48. The van der Waals surface area contributed by atoms with Crippen LogP contribution in [0.3, 0.4) is 0 Å². The molecule has 5 heteroatoms. The zero-order valence-electron chi connectivity index (χ0n) is 11.4. The second kappa shape index (κ2) is 6.59. The summed E-state index contributed by atoms with van der Waals surface area (Å²) >= 11 is 5.71. The molecule has 110 valence electrons.